The van der Waals surface area contributed by atoms with E-state index in [0.717, 1.165) is 5.69 Å². The molecule has 0 saturated heterocycles. The van der Waals surface area contributed by atoms with Crippen molar-refractivity contribution in [1.29, 1.82) is 0 Å². The van der Waals surface area contributed by atoms with Crippen LogP contribution in [-0.2, 0) is 16.2 Å². The highest BCUT2D eigenvalue weighted by atomic mass is 32.1. The van der Waals surface area contributed by atoms with Crippen LogP contribution >= 0.6 is 11.3 Å². The number of hydrogen-bond acceptors (Lipinski definition) is 2. The van der Waals surface area contributed by atoms with Gasteiger partial charge in [0.15, 0.2) is 0 Å². The molecule has 260 valence electrons. The second kappa shape index (κ2) is 11.4. The van der Waals surface area contributed by atoms with E-state index in [-0.39, 0.29) is 16.2 Å². The molecule has 8 aromatic rings. The topological polar surface area (TPSA) is 3.24 Å². The second-order valence-corrected chi connectivity index (χ2v) is 18.3. The average molecular weight is 704 g/mol. The summed E-state index contributed by atoms with van der Waals surface area (Å²) >= 11 is 1.88. The zero-order valence-electron chi connectivity index (χ0n) is 31.5. The third-order valence-electron chi connectivity index (χ3n) is 12.7. The SMILES string of the molecule is CC1(C)CCC(C)(C)c2cc3c(cc21)-c1cc(N(c2ccc(-c4cccc5sc6ccccc6c45)cc2)c2cccc4ccccc24)ccc1C3(C)C. The smallest absolute Gasteiger partial charge is 0.0540 e. The Labute approximate surface area is 317 Å². The van der Waals surface area contributed by atoms with Crippen LogP contribution in [0.5, 0.6) is 0 Å². The molecule has 1 nitrogen and oxygen atoms in total. The summed E-state index contributed by atoms with van der Waals surface area (Å²) in [7, 11) is 0. The number of nitrogens with zero attached hydrogens (tertiary/aromatic N) is 1. The van der Waals surface area contributed by atoms with Crippen molar-refractivity contribution in [2.75, 3.05) is 4.90 Å². The molecule has 0 fully saturated rings. The first-order valence-electron chi connectivity index (χ1n) is 19.1. The minimum Gasteiger partial charge on any atom is -0.310 e. The highest BCUT2D eigenvalue weighted by molar-refractivity contribution is 7.25. The number of rotatable bonds is 4. The van der Waals surface area contributed by atoms with Gasteiger partial charge >= 0.3 is 0 Å². The summed E-state index contributed by atoms with van der Waals surface area (Å²) in [6.45, 7) is 14.6. The van der Waals surface area contributed by atoms with Crippen molar-refractivity contribution in [3.8, 4) is 22.3 Å². The Balaban J connectivity index is 1.16. The lowest BCUT2D eigenvalue weighted by atomic mass is 9.62. The van der Waals surface area contributed by atoms with Gasteiger partial charge in [-0.3, -0.25) is 0 Å². The van der Waals surface area contributed by atoms with Crippen molar-refractivity contribution in [1.82, 2.24) is 0 Å². The number of hydrogen-bond donors (Lipinski definition) is 0. The molecule has 0 saturated carbocycles. The van der Waals surface area contributed by atoms with Crippen LogP contribution in [0.2, 0.25) is 0 Å². The molecule has 2 aliphatic rings. The molecule has 0 atom stereocenters. The highest BCUT2D eigenvalue weighted by Gasteiger charge is 2.42. The summed E-state index contributed by atoms with van der Waals surface area (Å²) < 4.78 is 2.67. The maximum absolute atomic E-state index is 2.59. The molecule has 0 amide bonds. The molecule has 0 unspecified atom stereocenters. The van der Waals surface area contributed by atoms with Gasteiger partial charge in [0.05, 0.1) is 5.69 Å². The van der Waals surface area contributed by atoms with Gasteiger partial charge in [-0.25, -0.2) is 0 Å². The van der Waals surface area contributed by atoms with Crippen molar-refractivity contribution >= 4 is 59.3 Å². The van der Waals surface area contributed by atoms with Gasteiger partial charge in [-0.15, -0.1) is 11.3 Å². The number of thiophene rings is 1. The van der Waals surface area contributed by atoms with Gasteiger partial charge in [-0.05, 0) is 122 Å². The lowest BCUT2D eigenvalue weighted by molar-refractivity contribution is 0.331. The summed E-state index contributed by atoms with van der Waals surface area (Å²) in [5, 5.41) is 5.17. The molecule has 0 aliphatic heterocycles. The largest absolute Gasteiger partial charge is 0.310 e. The molecule has 2 aliphatic carbocycles. The van der Waals surface area contributed by atoms with Crippen LogP contribution in [0, 0.1) is 0 Å². The molecule has 1 heterocycles. The summed E-state index contributed by atoms with van der Waals surface area (Å²) in [6, 6.07) is 52.7. The summed E-state index contributed by atoms with van der Waals surface area (Å²) in [4.78, 5) is 2.48. The Hall–Kier alpha value is -5.18. The van der Waals surface area contributed by atoms with E-state index in [9.17, 15) is 0 Å². The van der Waals surface area contributed by atoms with E-state index in [1.807, 2.05) is 11.3 Å². The minimum absolute atomic E-state index is 0.0747. The zero-order chi connectivity index (χ0) is 36.3. The Morgan fingerprint density at radius 2 is 1.09 bits per heavy atom. The molecule has 0 spiro atoms. The maximum Gasteiger partial charge on any atom is 0.0540 e. The Kier molecular flexibility index (Phi) is 6.99. The molecular formula is C51H45NS. The van der Waals surface area contributed by atoms with Gasteiger partial charge in [0, 0.05) is 42.3 Å². The minimum atomic E-state index is -0.0747. The second-order valence-electron chi connectivity index (χ2n) is 17.2. The van der Waals surface area contributed by atoms with E-state index in [1.165, 1.54) is 99.7 Å². The maximum atomic E-state index is 2.59. The van der Waals surface area contributed by atoms with E-state index in [4.69, 9.17) is 0 Å². The Bertz CT molecular complexity index is 2750. The fraction of sp³-hybridized carbons (Fsp3) is 0.216. The molecule has 7 aromatic carbocycles. The fourth-order valence-electron chi connectivity index (χ4n) is 9.57. The van der Waals surface area contributed by atoms with E-state index >= 15 is 0 Å². The van der Waals surface area contributed by atoms with E-state index in [0.29, 0.717) is 0 Å². The first kappa shape index (κ1) is 32.5. The van der Waals surface area contributed by atoms with Crippen LogP contribution in [0.1, 0.15) is 76.6 Å². The molecule has 10 rings (SSSR count). The van der Waals surface area contributed by atoms with Crippen LogP contribution in [0.4, 0.5) is 17.1 Å². The fourth-order valence-corrected chi connectivity index (χ4v) is 10.7. The molecule has 0 radical (unpaired) electrons. The Morgan fingerprint density at radius 3 is 1.89 bits per heavy atom. The van der Waals surface area contributed by atoms with E-state index in [1.54, 1.807) is 0 Å². The summed E-state index contributed by atoms with van der Waals surface area (Å²) in [5.41, 5.74) is 15.0. The standard InChI is InChI=1S/C51H45NS/c1-49(2)27-28-50(3,4)44-31-42-40(30-43(44)49)39-29-35(25-26-41(39)51(42,5)6)52(45-18-11-14-32-13-7-8-15-36(32)45)34-23-21-33(22-24-34)37-17-12-20-47-48(37)38-16-9-10-19-46(38)53-47/h7-26,29-31H,27-28H2,1-6H3. The quantitative estimate of drug-likeness (QED) is 0.176. The molecule has 0 N–H and O–H groups in total. The van der Waals surface area contributed by atoms with E-state index < -0.39 is 0 Å². The predicted molar refractivity (Wildman–Crippen MR) is 230 cm³/mol. The normalized spacial score (nSPS) is 16.4. The molecule has 0 bridgehead atoms. The third-order valence-corrected chi connectivity index (χ3v) is 13.9. The van der Waals surface area contributed by atoms with Crippen molar-refractivity contribution in [2.45, 2.75) is 70.6 Å². The van der Waals surface area contributed by atoms with Crippen molar-refractivity contribution in [3.63, 3.8) is 0 Å². The monoisotopic (exact) mass is 703 g/mol. The predicted octanol–water partition coefficient (Wildman–Crippen LogP) is 15.0. The number of fused-ring (bicyclic) bond motifs is 8. The van der Waals surface area contributed by atoms with Crippen LogP contribution < -0.4 is 4.90 Å². The van der Waals surface area contributed by atoms with Crippen molar-refractivity contribution in [3.05, 3.63) is 162 Å². The van der Waals surface area contributed by atoms with Crippen LogP contribution in [0.3, 0.4) is 0 Å². The molecule has 53 heavy (non-hydrogen) atoms. The van der Waals surface area contributed by atoms with Crippen molar-refractivity contribution < 1.29 is 0 Å². The molecular weight excluding hydrogens is 659 g/mol. The van der Waals surface area contributed by atoms with Gasteiger partial charge in [0.25, 0.3) is 0 Å². The van der Waals surface area contributed by atoms with Gasteiger partial charge in [0.1, 0.15) is 0 Å². The molecule has 1 aromatic heterocycles. The van der Waals surface area contributed by atoms with Gasteiger partial charge in [-0.2, -0.15) is 0 Å². The highest BCUT2D eigenvalue weighted by Crippen LogP contribution is 2.55. The van der Waals surface area contributed by atoms with Gasteiger partial charge in [-0.1, -0.05) is 133 Å². The van der Waals surface area contributed by atoms with Crippen molar-refractivity contribution in [2.24, 2.45) is 0 Å². The van der Waals surface area contributed by atoms with Gasteiger partial charge in [0.2, 0.25) is 0 Å². The lowest BCUT2D eigenvalue weighted by Crippen LogP contribution is -2.34. The van der Waals surface area contributed by atoms with Crippen LogP contribution in [0.25, 0.3) is 53.2 Å². The Morgan fingerprint density at radius 1 is 0.472 bits per heavy atom. The summed E-state index contributed by atoms with van der Waals surface area (Å²) in [6.07, 6.45) is 2.44. The average Bonchev–Trinajstić information content (AvgIpc) is 3.65. The third kappa shape index (κ3) is 4.88. The molecule has 2 heteroatoms. The van der Waals surface area contributed by atoms with Crippen LogP contribution in [0.15, 0.2) is 140 Å². The number of anilines is 3. The zero-order valence-corrected chi connectivity index (χ0v) is 32.4. The first-order valence-corrected chi connectivity index (χ1v) is 20.0. The lowest BCUT2D eigenvalue weighted by Gasteiger charge is -2.42. The van der Waals surface area contributed by atoms with E-state index in [2.05, 4.69) is 186 Å². The number of benzene rings is 7. The van der Waals surface area contributed by atoms with Crippen LogP contribution in [-0.4, -0.2) is 0 Å². The first-order chi connectivity index (χ1) is 25.5. The summed E-state index contributed by atoms with van der Waals surface area (Å²) in [5.74, 6) is 0. The van der Waals surface area contributed by atoms with Gasteiger partial charge < -0.3 is 4.90 Å².